The topological polar surface area (TPSA) is 127 Å². The summed E-state index contributed by atoms with van der Waals surface area (Å²) >= 11 is 0. The van der Waals surface area contributed by atoms with E-state index in [2.05, 4.69) is 0 Å². The predicted molar refractivity (Wildman–Crippen MR) is 103 cm³/mol. The molecule has 0 saturated heterocycles. The lowest BCUT2D eigenvalue weighted by Gasteiger charge is -2.09. The SMILES string of the molecule is O=C(O)c1ccccc1C(=O)Oc1cccc(OC(=O)c2ccccc2C(=O)O)c1. The molecule has 0 saturated carbocycles. The molecule has 0 aromatic heterocycles. The summed E-state index contributed by atoms with van der Waals surface area (Å²) in [6, 6.07) is 16.7. The first-order valence-corrected chi connectivity index (χ1v) is 8.56. The molecule has 0 heterocycles. The minimum Gasteiger partial charge on any atom is -0.478 e. The molecule has 0 unspecified atom stereocenters. The number of carbonyl (C=O) groups excluding carboxylic acids is 2. The van der Waals surface area contributed by atoms with Crippen LogP contribution in [0.25, 0.3) is 0 Å². The summed E-state index contributed by atoms with van der Waals surface area (Å²) in [4.78, 5) is 47.2. The van der Waals surface area contributed by atoms with Gasteiger partial charge in [-0.1, -0.05) is 30.3 Å². The maximum absolute atomic E-state index is 12.4. The Morgan fingerprint density at radius 3 is 1.27 bits per heavy atom. The predicted octanol–water partition coefficient (Wildman–Crippen LogP) is 3.52. The third-order valence-corrected chi connectivity index (χ3v) is 3.98. The van der Waals surface area contributed by atoms with E-state index in [-0.39, 0.29) is 33.8 Å². The molecule has 3 aromatic rings. The van der Waals surface area contributed by atoms with Crippen molar-refractivity contribution in [1.29, 1.82) is 0 Å². The lowest BCUT2D eigenvalue weighted by atomic mass is 10.1. The van der Waals surface area contributed by atoms with Crippen molar-refractivity contribution in [3.05, 3.63) is 95.1 Å². The van der Waals surface area contributed by atoms with E-state index >= 15 is 0 Å². The van der Waals surface area contributed by atoms with Gasteiger partial charge >= 0.3 is 23.9 Å². The number of ether oxygens (including phenoxy) is 2. The highest BCUT2D eigenvalue weighted by Gasteiger charge is 2.20. The second-order valence-corrected chi connectivity index (χ2v) is 5.96. The zero-order valence-corrected chi connectivity index (χ0v) is 15.3. The number of carboxylic acid groups (broad SMARTS) is 2. The minimum absolute atomic E-state index is 0.0111. The molecule has 0 radical (unpaired) electrons. The van der Waals surface area contributed by atoms with Gasteiger partial charge in [0.25, 0.3) is 0 Å². The summed E-state index contributed by atoms with van der Waals surface area (Å²) in [5, 5.41) is 18.4. The fourth-order valence-corrected chi connectivity index (χ4v) is 2.62. The zero-order valence-electron chi connectivity index (χ0n) is 15.3. The Morgan fingerprint density at radius 2 is 0.900 bits per heavy atom. The number of benzene rings is 3. The van der Waals surface area contributed by atoms with Crippen molar-refractivity contribution in [3.63, 3.8) is 0 Å². The van der Waals surface area contributed by atoms with E-state index in [0.717, 1.165) is 0 Å². The van der Waals surface area contributed by atoms with E-state index in [0.29, 0.717) is 0 Å². The van der Waals surface area contributed by atoms with Crippen molar-refractivity contribution in [2.24, 2.45) is 0 Å². The second-order valence-electron chi connectivity index (χ2n) is 5.96. The molecule has 150 valence electrons. The fraction of sp³-hybridized carbons (Fsp3) is 0. The van der Waals surface area contributed by atoms with Crippen molar-refractivity contribution < 1.29 is 38.9 Å². The third-order valence-electron chi connectivity index (χ3n) is 3.98. The van der Waals surface area contributed by atoms with Crippen LogP contribution in [-0.4, -0.2) is 34.1 Å². The summed E-state index contributed by atoms with van der Waals surface area (Å²) in [6.07, 6.45) is 0. The number of aromatic carboxylic acids is 2. The fourth-order valence-electron chi connectivity index (χ4n) is 2.62. The Morgan fingerprint density at radius 1 is 0.533 bits per heavy atom. The second kappa shape index (κ2) is 8.70. The molecular weight excluding hydrogens is 392 g/mol. The number of hydrogen-bond donors (Lipinski definition) is 2. The molecule has 8 heteroatoms. The molecule has 3 aromatic carbocycles. The van der Waals surface area contributed by atoms with Crippen molar-refractivity contribution in [2.45, 2.75) is 0 Å². The van der Waals surface area contributed by atoms with Gasteiger partial charge in [-0.3, -0.25) is 0 Å². The molecule has 0 aliphatic heterocycles. The van der Waals surface area contributed by atoms with Gasteiger partial charge in [0.1, 0.15) is 11.5 Å². The summed E-state index contributed by atoms with van der Waals surface area (Å²) < 4.78 is 10.4. The first-order valence-electron chi connectivity index (χ1n) is 8.56. The molecule has 0 atom stereocenters. The maximum atomic E-state index is 12.4. The lowest BCUT2D eigenvalue weighted by Crippen LogP contribution is -2.15. The zero-order chi connectivity index (χ0) is 21.7. The molecule has 0 spiro atoms. The third kappa shape index (κ3) is 4.50. The van der Waals surface area contributed by atoms with Crippen LogP contribution in [0.3, 0.4) is 0 Å². The monoisotopic (exact) mass is 406 g/mol. The Kier molecular flexibility index (Phi) is 5.88. The molecule has 0 aliphatic rings. The Balaban J connectivity index is 1.79. The van der Waals surface area contributed by atoms with Gasteiger partial charge in [0.05, 0.1) is 22.3 Å². The number of rotatable bonds is 6. The summed E-state index contributed by atoms with van der Waals surface area (Å²) in [6.45, 7) is 0. The van der Waals surface area contributed by atoms with Gasteiger partial charge in [0.2, 0.25) is 0 Å². The molecule has 0 amide bonds. The van der Waals surface area contributed by atoms with Crippen LogP contribution in [0.15, 0.2) is 72.8 Å². The van der Waals surface area contributed by atoms with Gasteiger partial charge in [0, 0.05) is 6.07 Å². The lowest BCUT2D eigenvalue weighted by molar-refractivity contribution is 0.0664. The standard InChI is InChI=1S/C22H14O8/c23-19(24)15-8-1-3-10-17(15)21(27)29-13-6-5-7-14(12-13)30-22(28)18-11-4-2-9-16(18)20(25)26/h1-12H,(H,23,24)(H,25,26). The minimum atomic E-state index is -1.28. The Hall–Kier alpha value is -4.46. The molecule has 2 N–H and O–H groups in total. The highest BCUT2D eigenvalue weighted by molar-refractivity contribution is 6.04. The quantitative estimate of drug-likeness (QED) is 0.470. The normalized spacial score (nSPS) is 10.1. The van der Waals surface area contributed by atoms with Gasteiger partial charge in [0.15, 0.2) is 0 Å². The number of carboxylic acids is 2. The average Bonchev–Trinajstić information content (AvgIpc) is 2.73. The van der Waals surface area contributed by atoms with E-state index < -0.39 is 23.9 Å². The number of hydrogen-bond acceptors (Lipinski definition) is 6. The highest BCUT2D eigenvalue weighted by Crippen LogP contribution is 2.23. The number of esters is 2. The van der Waals surface area contributed by atoms with Gasteiger partial charge in [-0.25, -0.2) is 19.2 Å². The average molecular weight is 406 g/mol. The van der Waals surface area contributed by atoms with Crippen LogP contribution in [-0.2, 0) is 0 Å². The van der Waals surface area contributed by atoms with E-state index in [1.807, 2.05) is 0 Å². The van der Waals surface area contributed by atoms with Crippen molar-refractivity contribution in [1.82, 2.24) is 0 Å². The van der Waals surface area contributed by atoms with Crippen LogP contribution in [0.4, 0.5) is 0 Å². The molecule has 0 fully saturated rings. The van der Waals surface area contributed by atoms with Crippen LogP contribution in [0.5, 0.6) is 11.5 Å². The van der Waals surface area contributed by atoms with Gasteiger partial charge < -0.3 is 19.7 Å². The summed E-state index contributed by atoms with van der Waals surface area (Å²) in [5.41, 5.74) is -0.698. The van der Waals surface area contributed by atoms with Crippen LogP contribution < -0.4 is 9.47 Å². The van der Waals surface area contributed by atoms with E-state index in [9.17, 15) is 29.4 Å². The largest absolute Gasteiger partial charge is 0.478 e. The van der Waals surface area contributed by atoms with E-state index in [1.54, 1.807) is 0 Å². The Labute approximate surface area is 169 Å². The Bertz CT molecular complexity index is 1060. The van der Waals surface area contributed by atoms with Crippen LogP contribution >= 0.6 is 0 Å². The first kappa shape index (κ1) is 20.3. The van der Waals surface area contributed by atoms with Crippen molar-refractivity contribution in [3.8, 4) is 11.5 Å². The van der Waals surface area contributed by atoms with Crippen LogP contribution in [0, 0.1) is 0 Å². The van der Waals surface area contributed by atoms with E-state index in [1.165, 1.54) is 72.8 Å². The maximum Gasteiger partial charge on any atom is 0.344 e. The van der Waals surface area contributed by atoms with Gasteiger partial charge in [-0.15, -0.1) is 0 Å². The first-order chi connectivity index (χ1) is 14.4. The van der Waals surface area contributed by atoms with Gasteiger partial charge in [-0.05, 0) is 36.4 Å². The smallest absolute Gasteiger partial charge is 0.344 e. The molecule has 30 heavy (non-hydrogen) atoms. The van der Waals surface area contributed by atoms with Crippen molar-refractivity contribution >= 4 is 23.9 Å². The summed E-state index contributed by atoms with van der Waals surface area (Å²) in [5.74, 6) is -4.32. The van der Waals surface area contributed by atoms with E-state index in [4.69, 9.17) is 9.47 Å². The molecule has 3 rings (SSSR count). The van der Waals surface area contributed by atoms with Crippen LogP contribution in [0.1, 0.15) is 41.4 Å². The highest BCUT2D eigenvalue weighted by atomic mass is 16.5. The molecule has 8 nitrogen and oxygen atoms in total. The summed E-state index contributed by atoms with van der Waals surface area (Å²) in [7, 11) is 0. The molecule has 0 aliphatic carbocycles. The van der Waals surface area contributed by atoms with Gasteiger partial charge in [-0.2, -0.15) is 0 Å². The number of carbonyl (C=O) groups is 4. The van der Waals surface area contributed by atoms with Crippen molar-refractivity contribution in [2.75, 3.05) is 0 Å². The molecule has 0 bridgehead atoms. The van der Waals surface area contributed by atoms with Crippen LogP contribution in [0.2, 0.25) is 0 Å². The molecular formula is C22H14O8.